The molecular weight excluding hydrogens is 372 g/mol. The summed E-state index contributed by atoms with van der Waals surface area (Å²) in [6, 6.07) is 18.8. The number of rotatable bonds is 6. The number of carbonyl (C=O) groups is 1. The van der Waals surface area contributed by atoms with E-state index in [-0.39, 0.29) is 17.8 Å². The molecule has 2 bridgehead atoms. The Kier molecular flexibility index (Phi) is 5.11. The largest absolute Gasteiger partial charge is 0.346 e. The molecule has 2 aliphatic carbocycles. The van der Waals surface area contributed by atoms with Gasteiger partial charge in [0.05, 0.1) is 5.69 Å². The van der Waals surface area contributed by atoms with Crippen molar-refractivity contribution in [3.05, 3.63) is 77.4 Å². The molecule has 5 heteroatoms. The summed E-state index contributed by atoms with van der Waals surface area (Å²) in [5.41, 5.74) is 3.35. The Morgan fingerprint density at radius 2 is 1.83 bits per heavy atom. The lowest BCUT2D eigenvalue weighted by Gasteiger charge is -2.22. The van der Waals surface area contributed by atoms with E-state index < -0.39 is 0 Å². The Balaban J connectivity index is 1.40. The van der Waals surface area contributed by atoms with Gasteiger partial charge in [-0.1, -0.05) is 55.0 Å². The highest BCUT2D eigenvalue weighted by molar-refractivity contribution is 5.90. The highest BCUT2D eigenvalue weighted by Gasteiger charge is 2.40. The van der Waals surface area contributed by atoms with E-state index in [0.717, 1.165) is 42.3 Å². The Bertz CT molecular complexity index is 1040. The fourth-order valence-corrected chi connectivity index (χ4v) is 5.15. The maximum absolute atomic E-state index is 13.0. The van der Waals surface area contributed by atoms with Gasteiger partial charge in [-0.15, -0.1) is 5.10 Å². The van der Waals surface area contributed by atoms with E-state index in [2.05, 4.69) is 52.7 Å². The molecule has 30 heavy (non-hydrogen) atoms. The second-order valence-corrected chi connectivity index (χ2v) is 8.79. The predicted octanol–water partition coefficient (Wildman–Crippen LogP) is 4.28. The standard InChI is InChI=1S/C25H28N4O/c1-17-7-5-6-10-22(17)29-23(14-12-18-8-3-2-4-9-18)27-24(28-29)25(30)26-21-16-19-11-13-20(21)15-19/h2-10,19-21H,11-16H2,1H3,(H,26,30)/t19-,20-,21+/m0/s1. The van der Waals surface area contributed by atoms with Crippen molar-refractivity contribution in [3.8, 4) is 5.69 Å². The van der Waals surface area contributed by atoms with Crippen LogP contribution in [0, 0.1) is 18.8 Å². The van der Waals surface area contributed by atoms with E-state index in [4.69, 9.17) is 0 Å². The first-order valence-electron chi connectivity index (χ1n) is 11.0. The van der Waals surface area contributed by atoms with Crippen LogP contribution in [0.15, 0.2) is 54.6 Å². The molecule has 5 rings (SSSR count). The lowest BCUT2D eigenvalue weighted by molar-refractivity contribution is 0.0912. The first kappa shape index (κ1) is 19.0. The minimum absolute atomic E-state index is 0.138. The third-order valence-electron chi connectivity index (χ3n) is 6.76. The van der Waals surface area contributed by atoms with Gasteiger partial charge in [-0.25, -0.2) is 9.67 Å². The highest BCUT2D eigenvalue weighted by Crippen LogP contribution is 2.44. The van der Waals surface area contributed by atoms with Gasteiger partial charge < -0.3 is 5.32 Å². The van der Waals surface area contributed by atoms with Crippen molar-refractivity contribution in [1.29, 1.82) is 0 Å². The SMILES string of the molecule is Cc1ccccc1-n1nc(C(=O)N[C@@H]2C[C@H]3CC[C@H]2C3)nc1CCc1ccccc1. The first-order valence-corrected chi connectivity index (χ1v) is 11.0. The van der Waals surface area contributed by atoms with E-state index in [9.17, 15) is 4.79 Å². The summed E-state index contributed by atoms with van der Waals surface area (Å²) in [7, 11) is 0. The minimum Gasteiger partial charge on any atom is -0.346 e. The van der Waals surface area contributed by atoms with Gasteiger partial charge in [-0.3, -0.25) is 4.79 Å². The topological polar surface area (TPSA) is 59.8 Å². The van der Waals surface area contributed by atoms with E-state index in [0.29, 0.717) is 5.92 Å². The van der Waals surface area contributed by atoms with Crippen LogP contribution >= 0.6 is 0 Å². The van der Waals surface area contributed by atoms with Crippen LogP contribution in [-0.2, 0) is 12.8 Å². The number of para-hydroxylation sites is 1. The van der Waals surface area contributed by atoms with E-state index >= 15 is 0 Å². The molecule has 1 heterocycles. The zero-order valence-electron chi connectivity index (χ0n) is 17.4. The van der Waals surface area contributed by atoms with Gasteiger partial charge in [-0.05, 0) is 61.6 Å². The fraction of sp³-hybridized carbons (Fsp3) is 0.400. The molecule has 2 saturated carbocycles. The van der Waals surface area contributed by atoms with Gasteiger partial charge in [0.15, 0.2) is 0 Å². The highest BCUT2D eigenvalue weighted by atomic mass is 16.2. The summed E-state index contributed by atoms with van der Waals surface area (Å²) >= 11 is 0. The van der Waals surface area contributed by atoms with Gasteiger partial charge in [-0.2, -0.15) is 0 Å². The molecule has 0 spiro atoms. The molecule has 0 unspecified atom stereocenters. The van der Waals surface area contributed by atoms with Crippen molar-refractivity contribution in [1.82, 2.24) is 20.1 Å². The summed E-state index contributed by atoms with van der Waals surface area (Å²) in [6.07, 6.45) is 6.52. The average Bonchev–Trinajstić information content (AvgIpc) is 3.49. The lowest BCUT2D eigenvalue weighted by atomic mass is 9.95. The summed E-state index contributed by atoms with van der Waals surface area (Å²) in [6.45, 7) is 2.06. The maximum Gasteiger partial charge on any atom is 0.291 e. The molecule has 5 nitrogen and oxygen atoms in total. The van der Waals surface area contributed by atoms with Gasteiger partial charge in [0.2, 0.25) is 5.82 Å². The number of nitrogens with one attached hydrogen (secondary N) is 1. The number of amides is 1. The van der Waals surface area contributed by atoms with Gasteiger partial charge in [0, 0.05) is 12.5 Å². The average molecular weight is 401 g/mol. The first-order chi connectivity index (χ1) is 14.7. The Morgan fingerprint density at radius 1 is 1.03 bits per heavy atom. The molecule has 0 saturated heterocycles. The van der Waals surface area contributed by atoms with Crippen LogP contribution in [-0.4, -0.2) is 26.7 Å². The van der Waals surface area contributed by atoms with Crippen LogP contribution in [0.3, 0.4) is 0 Å². The monoisotopic (exact) mass is 400 g/mol. The molecular formula is C25H28N4O. The number of hydrogen-bond acceptors (Lipinski definition) is 3. The van der Waals surface area contributed by atoms with Crippen LogP contribution in [0.5, 0.6) is 0 Å². The molecule has 3 aromatic rings. The third-order valence-corrected chi connectivity index (χ3v) is 6.76. The second-order valence-electron chi connectivity index (χ2n) is 8.79. The summed E-state index contributed by atoms with van der Waals surface area (Å²) in [5, 5.41) is 7.88. The predicted molar refractivity (Wildman–Crippen MR) is 117 cm³/mol. The van der Waals surface area contributed by atoms with Crippen molar-refractivity contribution in [2.45, 2.75) is 51.5 Å². The zero-order chi connectivity index (χ0) is 20.5. The second kappa shape index (κ2) is 8.05. The Labute approximate surface area is 177 Å². The summed E-state index contributed by atoms with van der Waals surface area (Å²) < 4.78 is 1.86. The smallest absolute Gasteiger partial charge is 0.291 e. The minimum atomic E-state index is -0.138. The summed E-state index contributed by atoms with van der Waals surface area (Å²) in [4.78, 5) is 17.7. The fourth-order valence-electron chi connectivity index (χ4n) is 5.15. The molecule has 3 atom stereocenters. The van der Waals surface area contributed by atoms with Gasteiger partial charge in [0.25, 0.3) is 5.91 Å². The lowest BCUT2D eigenvalue weighted by Crippen LogP contribution is -2.39. The molecule has 1 N–H and O–H groups in total. The van der Waals surface area contributed by atoms with Crippen LogP contribution in [0.2, 0.25) is 0 Å². The molecule has 154 valence electrons. The summed E-state index contributed by atoms with van der Waals surface area (Å²) in [5.74, 6) is 2.39. The van der Waals surface area contributed by atoms with Crippen molar-refractivity contribution in [2.24, 2.45) is 11.8 Å². The van der Waals surface area contributed by atoms with Gasteiger partial charge in [0.1, 0.15) is 5.82 Å². The number of fused-ring (bicyclic) bond motifs is 2. The van der Waals surface area contributed by atoms with Crippen LogP contribution in [0.4, 0.5) is 0 Å². The van der Waals surface area contributed by atoms with Crippen molar-refractivity contribution in [2.75, 3.05) is 0 Å². The number of aromatic nitrogens is 3. The van der Waals surface area contributed by atoms with Crippen molar-refractivity contribution >= 4 is 5.91 Å². The third kappa shape index (κ3) is 3.76. The van der Waals surface area contributed by atoms with Crippen LogP contribution in [0.1, 0.15) is 53.3 Å². The number of hydrogen-bond donors (Lipinski definition) is 1. The van der Waals surface area contributed by atoms with Crippen molar-refractivity contribution < 1.29 is 4.79 Å². The normalized spacial score (nSPS) is 22.4. The molecule has 0 radical (unpaired) electrons. The van der Waals surface area contributed by atoms with Crippen LogP contribution < -0.4 is 5.32 Å². The Hall–Kier alpha value is -2.95. The number of aryl methyl sites for hydroxylation is 3. The molecule has 1 aromatic heterocycles. The Morgan fingerprint density at radius 3 is 2.57 bits per heavy atom. The quantitative estimate of drug-likeness (QED) is 0.672. The molecule has 2 aliphatic rings. The van der Waals surface area contributed by atoms with Crippen molar-refractivity contribution in [3.63, 3.8) is 0 Å². The van der Waals surface area contributed by atoms with E-state index in [1.807, 2.05) is 28.9 Å². The number of carbonyl (C=O) groups excluding carboxylic acids is 1. The van der Waals surface area contributed by atoms with Crippen LogP contribution in [0.25, 0.3) is 5.69 Å². The number of benzene rings is 2. The van der Waals surface area contributed by atoms with Gasteiger partial charge >= 0.3 is 0 Å². The maximum atomic E-state index is 13.0. The molecule has 1 amide bonds. The van der Waals surface area contributed by atoms with E-state index in [1.54, 1.807) is 0 Å². The zero-order valence-corrected chi connectivity index (χ0v) is 17.4. The van der Waals surface area contributed by atoms with E-state index in [1.165, 1.54) is 24.8 Å². The molecule has 0 aliphatic heterocycles. The molecule has 2 aromatic carbocycles. The molecule has 2 fully saturated rings. The number of nitrogens with zero attached hydrogens (tertiary/aromatic N) is 3.